The van der Waals surface area contributed by atoms with Crippen molar-refractivity contribution in [2.45, 2.75) is 33.6 Å². The SMILES string of the molecule is CC(=O)Oc1ccc(OC(C)=O)c(C(C)C)c1. The van der Waals surface area contributed by atoms with E-state index in [1.54, 1.807) is 18.2 Å². The first-order valence-electron chi connectivity index (χ1n) is 5.41. The molecular weight excluding hydrogens is 220 g/mol. The zero-order valence-corrected chi connectivity index (χ0v) is 10.4. The molecule has 4 heteroatoms. The van der Waals surface area contributed by atoms with E-state index < -0.39 is 0 Å². The highest BCUT2D eigenvalue weighted by Gasteiger charge is 2.12. The maximum Gasteiger partial charge on any atom is 0.308 e. The van der Waals surface area contributed by atoms with Crippen LogP contribution in [0.3, 0.4) is 0 Å². The summed E-state index contributed by atoms with van der Waals surface area (Å²) in [6, 6.07) is 4.95. The van der Waals surface area contributed by atoms with Gasteiger partial charge in [-0.1, -0.05) is 13.8 Å². The Morgan fingerprint density at radius 3 is 2.12 bits per heavy atom. The molecule has 0 aromatic heterocycles. The van der Waals surface area contributed by atoms with Gasteiger partial charge in [0.05, 0.1) is 0 Å². The molecule has 0 heterocycles. The predicted octanol–water partition coefficient (Wildman–Crippen LogP) is 2.66. The third-order valence-electron chi connectivity index (χ3n) is 2.12. The fourth-order valence-corrected chi connectivity index (χ4v) is 1.45. The number of carbonyl (C=O) groups is 2. The maximum atomic E-state index is 10.9. The summed E-state index contributed by atoms with van der Waals surface area (Å²) in [5, 5.41) is 0. The highest BCUT2D eigenvalue weighted by Crippen LogP contribution is 2.30. The monoisotopic (exact) mass is 236 g/mol. The van der Waals surface area contributed by atoms with Crippen molar-refractivity contribution in [1.82, 2.24) is 0 Å². The molecule has 0 atom stereocenters. The zero-order chi connectivity index (χ0) is 13.0. The van der Waals surface area contributed by atoms with Crippen molar-refractivity contribution in [3.63, 3.8) is 0 Å². The highest BCUT2D eigenvalue weighted by atomic mass is 16.5. The molecule has 0 aliphatic heterocycles. The van der Waals surface area contributed by atoms with Crippen molar-refractivity contribution >= 4 is 11.9 Å². The molecule has 0 amide bonds. The van der Waals surface area contributed by atoms with Crippen LogP contribution in [0.4, 0.5) is 0 Å². The Morgan fingerprint density at radius 2 is 1.65 bits per heavy atom. The number of hydrogen-bond donors (Lipinski definition) is 0. The Kier molecular flexibility index (Phi) is 4.26. The van der Waals surface area contributed by atoms with E-state index in [1.807, 2.05) is 13.8 Å². The second-order valence-corrected chi connectivity index (χ2v) is 4.04. The van der Waals surface area contributed by atoms with Crippen LogP contribution in [-0.4, -0.2) is 11.9 Å². The summed E-state index contributed by atoms with van der Waals surface area (Å²) in [4.78, 5) is 21.8. The fraction of sp³-hybridized carbons (Fsp3) is 0.385. The van der Waals surface area contributed by atoms with Crippen molar-refractivity contribution in [3.8, 4) is 11.5 Å². The number of esters is 2. The summed E-state index contributed by atoms with van der Waals surface area (Å²) in [6.07, 6.45) is 0. The smallest absolute Gasteiger partial charge is 0.308 e. The number of rotatable bonds is 3. The van der Waals surface area contributed by atoms with Gasteiger partial charge in [0.1, 0.15) is 11.5 Å². The van der Waals surface area contributed by atoms with Crippen molar-refractivity contribution in [2.75, 3.05) is 0 Å². The van der Waals surface area contributed by atoms with Gasteiger partial charge < -0.3 is 9.47 Å². The van der Waals surface area contributed by atoms with E-state index >= 15 is 0 Å². The largest absolute Gasteiger partial charge is 0.427 e. The van der Waals surface area contributed by atoms with Gasteiger partial charge in [-0.3, -0.25) is 9.59 Å². The van der Waals surface area contributed by atoms with Gasteiger partial charge in [-0.2, -0.15) is 0 Å². The first kappa shape index (κ1) is 13.2. The van der Waals surface area contributed by atoms with Crippen LogP contribution in [0.5, 0.6) is 11.5 Å². The Hall–Kier alpha value is -1.84. The molecular formula is C13H16O4. The molecule has 1 aromatic carbocycles. The average Bonchev–Trinajstić information content (AvgIpc) is 2.18. The molecule has 17 heavy (non-hydrogen) atoms. The molecule has 0 saturated carbocycles. The second kappa shape index (κ2) is 5.48. The molecule has 0 spiro atoms. The normalized spacial score (nSPS) is 10.2. The minimum absolute atomic E-state index is 0.167. The van der Waals surface area contributed by atoms with E-state index in [4.69, 9.17) is 9.47 Å². The molecule has 1 rings (SSSR count). The Balaban J connectivity index is 3.07. The predicted molar refractivity (Wildman–Crippen MR) is 63.1 cm³/mol. The summed E-state index contributed by atoms with van der Waals surface area (Å²) < 4.78 is 10.1. The second-order valence-electron chi connectivity index (χ2n) is 4.04. The summed E-state index contributed by atoms with van der Waals surface area (Å²) in [5.74, 6) is 0.382. The summed E-state index contributed by atoms with van der Waals surface area (Å²) >= 11 is 0. The molecule has 0 saturated heterocycles. The summed E-state index contributed by atoms with van der Waals surface area (Å²) in [5.41, 5.74) is 0.832. The third-order valence-corrected chi connectivity index (χ3v) is 2.12. The Bertz CT molecular complexity index is 435. The molecule has 0 N–H and O–H groups in total. The van der Waals surface area contributed by atoms with Crippen molar-refractivity contribution < 1.29 is 19.1 Å². The molecule has 0 aliphatic carbocycles. The van der Waals surface area contributed by atoms with Gasteiger partial charge in [-0.15, -0.1) is 0 Å². The average molecular weight is 236 g/mol. The molecule has 0 unspecified atom stereocenters. The standard InChI is InChI=1S/C13H16O4/c1-8(2)12-7-11(16-9(3)14)5-6-13(12)17-10(4)15/h5-8H,1-4H3. The van der Waals surface area contributed by atoms with Crippen molar-refractivity contribution in [1.29, 1.82) is 0 Å². The van der Waals surface area contributed by atoms with Crippen LogP contribution in [0.15, 0.2) is 18.2 Å². The van der Waals surface area contributed by atoms with Crippen LogP contribution in [0.25, 0.3) is 0 Å². The number of ether oxygens (including phenoxy) is 2. The lowest BCUT2D eigenvalue weighted by atomic mass is 10.0. The fourth-order valence-electron chi connectivity index (χ4n) is 1.45. The van der Waals surface area contributed by atoms with Gasteiger partial charge in [0.15, 0.2) is 0 Å². The van der Waals surface area contributed by atoms with E-state index in [-0.39, 0.29) is 17.9 Å². The minimum Gasteiger partial charge on any atom is -0.427 e. The molecule has 92 valence electrons. The first-order valence-corrected chi connectivity index (χ1v) is 5.41. The third kappa shape index (κ3) is 3.90. The van der Waals surface area contributed by atoms with Crippen LogP contribution in [-0.2, 0) is 9.59 Å². The molecule has 0 radical (unpaired) electrons. The van der Waals surface area contributed by atoms with Crippen LogP contribution >= 0.6 is 0 Å². The Morgan fingerprint density at radius 1 is 1.06 bits per heavy atom. The topological polar surface area (TPSA) is 52.6 Å². The van der Waals surface area contributed by atoms with Gasteiger partial charge in [-0.25, -0.2) is 0 Å². The van der Waals surface area contributed by atoms with Crippen LogP contribution in [0.2, 0.25) is 0 Å². The van der Waals surface area contributed by atoms with Crippen molar-refractivity contribution in [2.24, 2.45) is 0 Å². The Labute approximate surface area is 101 Å². The highest BCUT2D eigenvalue weighted by molar-refractivity contribution is 5.71. The van der Waals surface area contributed by atoms with Gasteiger partial charge in [0.2, 0.25) is 0 Å². The number of benzene rings is 1. The van der Waals surface area contributed by atoms with Gasteiger partial charge in [0, 0.05) is 19.4 Å². The lowest BCUT2D eigenvalue weighted by molar-refractivity contribution is -0.133. The molecule has 0 bridgehead atoms. The van der Waals surface area contributed by atoms with E-state index in [0.717, 1.165) is 5.56 Å². The van der Waals surface area contributed by atoms with E-state index in [0.29, 0.717) is 11.5 Å². The lowest BCUT2D eigenvalue weighted by Gasteiger charge is -2.13. The maximum absolute atomic E-state index is 10.9. The summed E-state index contributed by atoms with van der Waals surface area (Å²) in [6.45, 7) is 6.64. The van der Waals surface area contributed by atoms with Gasteiger partial charge >= 0.3 is 11.9 Å². The lowest BCUT2D eigenvalue weighted by Crippen LogP contribution is -2.06. The van der Waals surface area contributed by atoms with Crippen LogP contribution < -0.4 is 9.47 Å². The van der Waals surface area contributed by atoms with Crippen LogP contribution in [0, 0.1) is 0 Å². The van der Waals surface area contributed by atoms with E-state index in [9.17, 15) is 9.59 Å². The van der Waals surface area contributed by atoms with Crippen molar-refractivity contribution in [3.05, 3.63) is 23.8 Å². The first-order chi connectivity index (χ1) is 7.90. The molecule has 1 aromatic rings. The minimum atomic E-state index is -0.375. The molecule has 0 aliphatic rings. The molecule has 4 nitrogen and oxygen atoms in total. The quantitative estimate of drug-likeness (QED) is 0.598. The van der Waals surface area contributed by atoms with E-state index in [1.165, 1.54) is 13.8 Å². The zero-order valence-electron chi connectivity index (χ0n) is 10.4. The number of carbonyl (C=O) groups excluding carboxylic acids is 2. The van der Waals surface area contributed by atoms with Crippen LogP contribution in [0.1, 0.15) is 39.2 Å². The summed E-state index contributed by atoms with van der Waals surface area (Å²) in [7, 11) is 0. The van der Waals surface area contributed by atoms with Gasteiger partial charge in [0.25, 0.3) is 0 Å². The van der Waals surface area contributed by atoms with Gasteiger partial charge in [-0.05, 0) is 24.1 Å². The number of hydrogen-bond acceptors (Lipinski definition) is 4. The van der Waals surface area contributed by atoms with E-state index in [2.05, 4.69) is 0 Å². The molecule has 0 fully saturated rings.